The average Bonchev–Trinajstić information content (AvgIpc) is 2.70. The van der Waals surface area contributed by atoms with Crippen LogP contribution in [0.15, 0.2) is 17.2 Å². The fourth-order valence-electron chi connectivity index (χ4n) is 1.65. The SMILES string of the molecule is CCn1cc(S(=O)(=O)N(C)CC(F)(F)F)cc1CN. The second-order valence-corrected chi connectivity index (χ2v) is 6.08. The molecule has 0 aliphatic carbocycles. The van der Waals surface area contributed by atoms with E-state index < -0.39 is 22.7 Å². The standard InChI is InChI=1S/C10H16F3N3O2S/c1-3-16-6-9(4-8(16)5-14)19(17,18)15(2)7-10(11,12)13/h4,6H,3,5,7,14H2,1-2H3. The lowest BCUT2D eigenvalue weighted by Crippen LogP contribution is -2.35. The van der Waals surface area contributed by atoms with Crippen molar-refractivity contribution in [2.45, 2.75) is 31.1 Å². The zero-order valence-corrected chi connectivity index (χ0v) is 11.4. The minimum Gasteiger partial charge on any atom is -0.349 e. The largest absolute Gasteiger partial charge is 0.402 e. The Labute approximate surface area is 109 Å². The average molecular weight is 299 g/mol. The summed E-state index contributed by atoms with van der Waals surface area (Å²) in [4.78, 5) is -0.179. The molecule has 1 heterocycles. The number of hydrogen-bond donors (Lipinski definition) is 1. The number of alkyl halides is 3. The first-order valence-electron chi connectivity index (χ1n) is 5.54. The van der Waals surface area contributed by atoms with Crippen LogP contribution < -0.4 is 5.73 Å². The van der Waals surface area contributed by atoms with E-state index in [1.54, 1.807) is 11.5 Å². The molecule has 1 rings (SSSR count). The molecule has 2 N–H and O–H groups in total. The number of aromatic nitrogens is 1. The monoisotopic (exact) mass is 299 g/mol. The molecule has 0 fully saturated rings. The first kappa shape index (κ1) is 16.0. The molecule has 0 atom stereocenters. The Morgan fingerprint density at radius 3 is 2.37 bits per heavy atom. The summed E-state index contributed by atoms with van der Waals surface area (Å²) in [7, 11) is -3.26. The molecule has 1 aromatic heterocycles. The molecule has 9 heteroatoms. The lowest BCUT2D eigenvalue weighted by molar-refractivity contribution is -0.134. The highest BCUT2D eigenvalue weighted by molar-refractivity contribution is 7.89. The van der Waals surface area contributed by atoms with Gasteiger partial charge in [-0.15, -0.1) is 0 Å². The maximum absolute atomic E-state index is 12.2. The molecule has 5 nitrogen and oxygen atoms in total. The third kappa shape index (κ3) is 3.71. The zero-order chi connectivity index (χ0) is 14.8. The van der Waals surface area contributed by atoms with Crippen molar-refractivity contribution in [1.82, 2.24) is 8.87 Å². The summed E-state index contributed by atoms with van der Waals surface area (Å²) in [5.41, 5.74) is 6.01. The Bertz CT molecular complexity index is 515. The van der Waals surface area contributed by atoms with Crippen molar-refractivity contribution in [3.05, 3.63) is 18.0 Å². The molecule has 0 aliphatic rings. The van der Waals surface area contributed by atoms with Gasteiger partial charge in [-0.2, -0.15) is 17.5 Å². The van der Waals surface area contributed by atoms with Crippen molar-refractivity contribution in [1.29, 1.82) is 0 Å². The summed E-state index contributed by atoms with van der Waals surface area (Å²) in [5, 5.41) is 0. The van der Waals surface area contributed by atoms with Gasteiger partial charge in [0.05, 0.1) is 0 Å². The Kier molecular flexibility index (Phi) is 4.64. The summed E-state index contributed by atoms with van der Waals surface area (Å²) in [6.45, 7) is 0.872. The fraction of sp³-hybridized carbons (Fsp3) is 0.600. The van der Waals surface area contributed by atoms with Crippen LogP contribution in [-0.2, 0) is 23.1 Å². The van der Waals surface area contributed by atoms with E-state index in [1.165, 1.54) is 12.3 Å². The van der Waals surface area contributed by atoms with Gasteiger partial charge in [0.15, 0.2) is 0 Å². The Balaban J connectivity index is 3.10. The highest BCUT2D eigenvalue weighted by Gasteiger charge is 2.35. The molecule has 0 saturated carbocycles. The first-order chi connectivity index (χ1) is 8.61. The molecule has 0 aromatic carbocycles. The maximum Gasteiger partial charge on any atom is 0.402 e. The van der Waals surface area contributed by atoms with Crippen molar-refractivity contribution in [2.75, 3.05) is 13.6 Å². The van der Waals surface area contributed by atoms with Crippen LogP contribution in [0.2, 0.25) is 0 Å². The van der Waals surface area contributed by atoms with E-state index in [0.29, 0.717) is 12.2 Å². The molecule has 1 aromatic rings. The van der Waals surface area contributed by atoms with Gasteiger partial charge in [0.25, 0.3) is 0 Å². The predicted octanol–water partition coefficient (Wildman–Crippen LogP) is 1.15. The molecule has 110 valence electrons. The molecule has 0 aliphatic heterocycles. The molecule has 0 saturated heterocycles. The summed E-state index contributed by atoms with van der Waals surface area (Å²) in [6, 6.07) is 1.30. The molecular formula is C10H16F3N3O2S. The van der Waals surface area contributed by atoms with Crippen molar-refractivity contribution in [3.63, 3.8) is 0 Å². The van der Waals surface area contributed by atoms with E-state index in [0.717, 1.165) is 7.05 Å². The quantitative estimate of drug-likeness (QED) is 0.887. The number of nitrogens with two attached hydrogens (primary N) is 1. The van der Waals surface area contributed by atoms with Gasteiger partial charge >= 0.3 is 6.18 Å². The van der Waals surface area contributed by atoms with Gasteiger partial charge in [-0.3, -0.25) is 0 Å². The van der Waals surface area contributed by atoms with Crippen LogP contribution in [0, 0.1) is 0 Å². The van der Waals surface area contributed by atoms with E-state index in [4.69, 9.17) is 5.73 Å². The van der Waals surface area contributed by atoms with Gasteiger partial charge in [-0.1, -0.05) is 0 Å². The maximum atomic E-state index is 12.2. The van der Waals surface area contributed by atoms with E-state index in [9.17, 15) is 21.6 Å². The van der Waals surface area contributed by atoms with Crippen LogP contribution in [0.4, 0.5) is 13.2 Å². The molecule has 0 amide bonds. The van der Waals surface area contributed by atoms with Crippen LogP contribution in [0.3, 0.4) is 0 Å². The van der Waals surface area contributed by atoms with Crippen LogP contribution in [0.5, 0.6) is 0 Å². The number of sulfonamides is 1. The number of halogens is 3. The number of aryl methyl sites for hydroxylation is 1. The van der Waals surface area contributed by atoms with Crippen molar-refractivity contribution >= 4 is 10.0 Å². The van der Waals surface area contributed by atoms with Crippen LogP contribution >= 0.6 is 0 Å². The van der Waals surface area contributed by atoms with Gasteiger partial charge < -0.3 is 10.3 Å². The highest BCUT2D eigenvalue weighted by atomic mass is 32.2. The lowest BCUT2D eigenvalue weighted by atomic mass is 10.4. The van der Waals surface area contributed by atoms with Gasteiger partial charge in [0.1, 0.15) is 11.4 Å². The van der Waals surface area contributed by atoms with Crippen LogP contribution in [0.1, 0.15) is 12.6 Å². The molecule has 0 bridgehead atoms. The Morgan fingerprint density at radius 2 is 2.00 bits per heavy atom. The predicted molar refractivity (Wildman–Crippen MR) is 63.9 cm³/mol. The van der Waals surface area contributed by atoms with Gasteiger partial charge in [-0.05, 0) is 13.0 Å². The summed E-state index contributed by atoms with van der Waals surface area (Å²) < 4.78 is 62.5. The zero-order valence-electron chi connectivity index (χ0n) is 10.6. The van der Waals surface area contributed by atoms with Crippen molar-refractivity contribution in [3.8, 4) is 0 Å². The third-order valence-electron chi connectivity index (χ3n) is 2.62. The number of hydrogen-bond acceptors (Lipinski definition) is 3. The van der Waals surface area contributed by atoms with Gasteiger partial charge in [0.2, 0.25) is 10.0 Å². The normalized spacial score (nSPS) is 13.2. The fourth-order valence-corrected chi connectivity index (χ4v) is 2.87. The highest BCUT2D eigenvalue weighted by Crippen LogP contribution is 2.22. The second-order valence-electron chi connectivity index (χ2n) is 4.03. The van der Waals surface area contributed by atoms with Crippen LogP contribution in [-0.4, -0.2) is 37.1 Å². The summed E-state index contributed by atoms with van der Waals surface area (Å²) in [5.74, 6) is 0. The smallest absolute Gasteiger partial charge is 0.349 e. The third-order valence-corrected chi connectivity index (χ3v) is 4.39. The summed E-state index contributed by atoms with van der Waals surface area (Å²) in [6.07, 6.45) is -3.28. The molecule has 19 heavy (non-hydrogen) atoms. The lowest BCUT2D eigenvalue weighted by Gasteiger charge is -2.17. The van der Waals surface area contributed by atoms with Crippen LogP contribution in [0.25, 0.3) is 0 Å². The minimum atomic E-state index is -4.58. The second kappa shape index (κ2) is 5.51. The van der Waals surface area contributed by atoms with Gasteiger partial charge in [0, 0.05) is 32.0 Å². The van der Waals surface area contributed by atoms with E-state index in [1.807, 2.05) is 0 Å². The Morgan fingerprint density at radius 1 is 1.42 bits per heavy atom. The number of nitrogens with zero attached hydrogens (tertiary/aromatic N) is 2. The van der Waals surface area contributed by atoms with Crippen molar-refractivity contribution in [2.24, 2.45) is 5.73 Å². The Hall–Kier alpha value is -1.06. The summed E-state index contributed by atoms with van der Waals surface area (Å²) >= 11 is 0. The topological polar surface area (TPSA) is 68.3 Å². The minimum absolute atomic E-state index is 0.117. The first-order valence-corrected chi connectivity index (χ1v) is 6.98. The molecule has 0 radical (unpaired) electrons. The molecule has 0 unspecified atom stereocenters. The molecular weight excluding hydrogens is 283 g/mol. The van der Waals surface area contributed by atoms with E-state index in [2.05, 4.69) is 0 Å². The van der Waals surface area contributed by atoms with E-state index in [-0.39, 0.29) is 15.7 Å². The van der Waals surface area contributed by atoms with Gasteiger partial charge in [-0.25, -0.2) is 8.42 Å². The van der Waals surface area contributed by atoms with E-state index >= 15 is 0 Å². The number of rotatable bonds is 5. The molecule has 0 spiro atoms. The van der Waals surface area contributed by atoms with Crippen molar-refractivity contribution < 1.29 is 21.6 Å².